The number of hydrazine groups is 1. The van der Waals surface area contributed by atoms with E-state index in [4.69, 9.17) is 11.6 Å². The number of carbonyl (C=O) groups excluding carboxylic acids is 2. The first-order valence-corrected chi connectivity index (χ1v) is 7.00. The molecule has 2 N–H and O–H groups in total. The number of hydrogen-bond acceptors (Lipinski definition) is 2. The molecule has 5 heteroatoms. The third-order valence-electron chi connectivity index (χ3n) is 3.18. The zero-order valence-electron chi connectivity index (χ0n) is 11.1. The molecule has 1 aliphatic carbocycles. The van der Waals surface area contributed by atoms with Crippen LogP contribution in [0.15, 0.2) is 36.4 Å². The average molecular weight is 293 g/mol. The van der Waals surface area contributed by atoms with E-state index < -0.39 is 0 Å². The van der Waals surface area contributed by atoms with Crippen LogP contribution >= 0.6 is 11.6 Å². The van der Waals surface area contributed by atoms with E-state index >= 15 is 0 Å². The molecule has 0 spiro atoms. The van der Waals surface area contributed by atoms with Crippen molar-refractivity contribution in [2.75, 3.05) is 0 Å². The maximum atomic E-state index is 11.7. The van der Waals surface area contributed by atoms with E-state index in [1.807, 2.05) is 0 Å². The Kier molecular flexibility index (Phi) is 5.18. The fourth-order valence-electron chi connectivity index (χ4n) is 2.13. The number of carbonyl (C=O) groups is 2. The van der Waals surface area contributed by atoms with Crippen molar-refractivity contribution in [1.29, 1.82) is 0 Å². The smallest absolute Gasteiger partial charge is 0.242 e. The van der Waals surface area contributed by atoms with Crippen molar-refractivity contribution in [3.63, 3.8) is 0 Å². The Bertz CT molecular complexity index is 511. The van der Waals surface area contributed by atoms with Gasteiger partial charge in [-0.25, -0.2) is 0 Å². The minimum absolute atomic E-state index is 0.161. The van der Waals surface area contributed by atoms with Gasteiger partial charge in [0.15, 0.2) is 0 Å². The number of hydrogen-bond donors (Lipinski definition) is 2. The Balaban J connectivity index is 1.70. The van der Waals surface area contributed by atoms with Crippen LogP contribution in [0.2, 0.25) is 5.02 Å². The second kappa shape index (κ2) is 7.10. The number of benzene rings is 1. The molecule has 0 aliphatic heterocycles. The van der Waals surface area contributed by atoms with Gasteiger partial charge in [-0.05, 0) is 36.5 Å². The highest BCUT2D eigenvalue weighted by atomic mass is 35.5. The summed E-state index contributed by atoms with van der Waals surface area (Å²) >= 11 is 5.77. The summed E-state index contributed by atoms with van der Waals surface area (Å²) in [7, 11) is 0. The molecule has 0 heterocycles. The van der Waals surface area contributed by atoms with Crippen molar-refractivity contribution in [2.24, 2.45) is 5.92 Å². The lowest BCUT2D eigenvalue weighted by atomic mass is 10.1. The van der Waals surface area contributed by atoms with Gasteiger partial charge in [-0.15, -0.1) is 0 Å². The maximum absolute atomic E-state index is 11.7. The van der Waals surface area contributed by atoms with Gasteiger partial charge in [0, 0.05) is 11.4 Å². The maximum Gasteiger partial charge on any atom is 0.242 e. The summed E-state index contributed by atoms with van der Waals surface area (Å²) in [5, 5.41) is 0.632. The van der Waals surface area contributed by atoms with Crippen LogP contribution in [0.5, 0.6) is 0 Å². The highest BCUT2D eigenvalue weighted by molar-refractivity contribution is 6.30. The second-order valence-corrected chi connectivity index (χ2v) is 5.31. The molecule has 0 unspecified atom stereocenters. The van der Waals surface area contributed by atoms with Gasteiger partial charge in [0.25, 0.3) is 0 Å². The summed E-state index contributed by atoms with van der Waals surface area (Å²) in [4.78, 5) is 23.3. The van der Waals surface area contributed by atoms with Crippen LogP contribution < -0.4 is 10.9 Å². The topological polar surface area (TPSA) is 58.2 Å². The molecule has 0 fully saturated rings. The summed E-state index contributed by atoms with van der Waals surface area (Å²) < 4.78 is 0. The summed E-state index contributed by atoms with van der Waals surface area (Å²) in [6.07, 6.45) is 6.79. The van der Waals surface area contributed by atoms with Gasteiger partial charge in [-0.1, -0.05) is 35.9 Å². The molecule has 1 atom stereocenters. The van der Waals surface area contributed by atoms with Crippen LogP contribution in [0.4, 0.5) is 0 Å². The first-order valence-electron chi connectivity index (χ1n) is 6.62. The highest BCUT2D eigenvalue weighted by Crippen LogP contribution is 2.19. The third kappa shape index (κ3) is 4.70. The van der Waals surface area contributed by atoms with E-state index in [0.717, 1.165) is 18.4 Å². The quantitative estimate of drug-likeness (QED) is 0.661. The lowest BCUT2D eigenvalue weighted by molar-refractivity contribution is -0.128. The molecule has 0 bridgehead atoms. The fraction of sp³-hybridized carbons (Fsp3) is 0.333. The van der Waals surface area contributed by atoms with Crippen molar-refractivity contribution in [3.05, 3.63) is 47.0 Å². The molecule has 20 heavy (non-hydrogen) atoms. The Hall–Kier alpha value is -1.81. The minimum Gasteiger partial charge on any atom is -0.273 e. The summed E-state index contributed by atoms with van der Waals surface area (Å²) in [5.74, 6) is -0.114. The van der Waals surface area contributed by atoms with Gasteiger partial charge in [0.05, 0.1) is 6.42 Å². The van der Waals surface area contributed by atoms with Crippen molar-refractivity contribution in [1.82, 2.24) is 10.9 Å². The Morgan fingerprint density at radius 2 is 1.85 bits per heavy atom. The number of rotatable bonds is 4. The Labute approximate surface area is 123 Å². The van der Waals surface area contributed by atoms with E-state index in [1.54, 1.807) is 24.3 Å². The number of amides is 2. The molecule has 1 aromatic carbocycles. The van der Waals surface area contributed by atoms with Crippen LogP contribution in [0.3, 0.4) is 0 Å². The third-order valence-corrected chi connectivity index (χ3v) is 3.43. The predicted molar refractivity (Wildman–Crippen MR) is 77.9 cm³/mol. The van der Waals surface area contributed by atoms with Crippen LogP contribution in [-0.4, -0.2) is 11.8 Å². The second-order valence-electron chi connectivity index (χ2n) is 4.87. The van der Waals surface area contributed by atoms with Crippen LogP contribution in [0, 0.1) is 5.92 Å². The highest BCUT2D eigenvalue weighted by Gasteiger charge is 2.14. The molecule has 106 valence electrons. The molecule has 1 aliphatic rings. The molecule has 0 saturated carbocycles. The average Bonchev–Trinajstić information content (AvgIpc) is 2.92. The van der Waals surface area contributed by atoms with Gasteiger partial charge >= 0.3 is 0 Å². The van der Waals surface area contributed by atoms with Gasteiger partial charge in [-0.2, -0.15) is 0 Å². The number of allylic oxidation sites excluding steroid dienone is 2. The summed E-state index contributed by atoms with van der Waals surface area (Å²) in [6.45, 7) is 0. The lowest BCUT2D eigenvalue weighted by Gasteiger charge is -2.10. The van der Waals surface area contributed by atoms with Gasteiger partial charge in [0.2, 0.25) is 11.8 Å². The van der Waals surface area contributed by atoms with Crippen molar-refractivity contribution < 1.29 is 9.59 Å². The minimum atomic E-state index is -0.248. The normalized spacial score (nSPS) is 16.9. The Morgan fingerprint density at radius 1 is 1.15 bits per heavy atom. The van der Waals surface area contributed by atoms with Crippen LogP contribution in [0.25, 0.3) is 0 Å². The molecule has 0 radical (unpaired) electrons. The molecule has 1 aromatic rings. The summed E-state index contributed by atoms with van der Waals surface area (Å²) in [6, 6.07) is 7.03. The van der Waals surface area contributed by atoms with Crippen LogP contribution in [0.1, 0.15) is 24.8 Å². The largest absolute Gasteiger partial charge is 0.273 e. The van der Waals surface area contributed by atoms with E-state index in [0.29, 0.717) is 17.4 Å². The van der Waals surface area contributed by atoms with E-state index in [9.17, 15) is 9.59 Å². The van der Waals surface area contributed by atoms with Gasteiger partial charge in [0.1, 0.15) is 0 Å². The first-order chi connectivity index (χ1) is 9.63. The zero-order valence-corrected chi connectivity index (χ0v) is 11.8. The van der Waals surface area contributed by atoms with E-state index in [-0.39, 0.29) is 18.2 Å². The van der Waals surface area contributed by atoms with Gasteiger partial charge < -0.3 is 0 Å². The molecular formula is C15H17ClN2O2. The molecular weight excluding hydrogens is 276 g/mol. The van der Waals surface area contributed by atoms with Crippen molar-refractivity contribution in [3.8, 4) is 0 Å². The first kappa shape index (κ1) is 14.6. The molecule has 0 saturated heterocycles. The molecule has 2 amide bonds. The van der Waals surface area contributed by atoms with Gasteiger partial charge in [-0.3, -0.25) is 20.4 Å². The monoisotopic (exact) mass is 292 g/mol. The van der Waals surface area contributed by atoms with Crippen LogP contribution in [-0.2, 0) is 16.0 Å². The molecule has 4 nitrogen and oxygen atoms in total. The SMILES string of the molecule is O=C(Cc1ccc(Cl)cc1)NNC(=O)C[C@H]1C=CCC1. The van der Waals surface area contributed by atoms with Crippen molar-refractivity contribution in [2.45, 2.75) is 25.7 Å². The Morgan fingerprint density at radius 3 is 2.50 bits per heavy atom. The predicted octanol–water partition coefficient (Wildman–Crippen LogP) is 2.39. The van der Waals surface area contributed by atoms with E-state index in [1.165, 1.54) is 0 Å². The standard InChI is InChI=1S/C15H17ClN2O2/c16-13-7-5-12(6-8-13)10-15(20)18-17-14(19)9-11-3-1-2-4-11/h1,3,5-8,11H,2,4,9-10H2,(H,17,19)(H,18,20)/t11-/m0/s1. The van der Waals surface area contributed by atoms with Crippen molar-refractivity contribution >= 4 is 23.4 Å². The number of nitrogens with one attached hydrogen (secondary N) is 2. The molecule has 2 rings (SSSR count). The fourth-order valence-corrected chi connectivity index (χ4v) is 2.25. The summed E-state index contributed by atoms with van der Waals surface area (Å²) in [5.41, 5.74) is 5.71. The van der Waals surface area contributed by atoms with E-state index in [2.05, 4.69) is 23.0 Å². The number of halogens is 1. The lowest BCUT2D eigenvalue weighted by Crippen LogP contribution is -2.42. The molecule has 0 aromatic heterocycles. The zero-order chi connectivity index (χ0) is 14.4.